The Bertz CT molecular complexity index is 457. The van der Waals surface area contributed by atoms with Crippen molar-refractivity contribution in [3.05, 3.63) is 53.6 Å². The fraction of sp³-hybridized carbons (Fsp3) is 0.231. The number of rotatable bonds is 4. The van der Waals surface area contributed by atoms with Gasteiger partial charge in [0.2, 0.25) is 0 Å². The lowest BCUT2D eigenvalue weighted by Gasteiger charge is -2.00. The Morgan fingerprint density at radius 1 is 1.25 bits per heavy atom. The fourth-order valence-electron chi connectivity index (χ4n) is 1.59. The zero-order chi connectivity index (χ0) is 11.4. The van der Waals surface area contributed by atoms with E-state index >= 15 is 0 Å². The molecule has 0 amide bonds. The Kier molecular flexibility index (Phi) is 3.15. The Balaban J connectivity index is 1.95. The molecule has 3 heteroatoms. The Morgan fingerprint density at radius 3 is 2.62 bits per heavy atom. The van der Waals surface area contributed by atoms with E-state index in [-0.39, 0.29) is 5.78 Å². The van der Waals surface area contributed by atoms with Crippen LogP contribution in [0.3, 0.4) is 0 Å². The number of carbonyl (C=O) groups is 1. The largest absolute Gasteiger partial charge is 0.348 e. The van der Waals surface area contributed by atoms with E-state index in [9.17, 15) is 4.79 Å². The number of Topliss-reactive ketones (excluding diaryl/α,β-unsaturated/α-hetero) is 1. The first kappa shape index (κ1) is 10.6. The highest BCUT2D eigenvalue weighted by atomic mass is 16.1. The van der Waals surface area contributed by atoms with Crippen molar-refractivity contribution in [3.8, 4) is 0 Å². The molecule has 0 radical (unpaired) electrons. The van der Waals surface area contributed by atoms with Crippen molar-refractivity contribution in [2.45, 2.75) is 19.8 Å². The average Bonchev–Trinajstić information content (AvgIpc) is 2.74. The fourth-order valence-corrected chi connectivity index (χ4v) is 1.59. The minimum absolute atomic E-state index is 0.202. The van der Waals surface area contributed by atoms with Gasteiger partial charge < -0.3 is 4.98 Å². The number of hydrogen-bond acceptors (Lipinski definition) is 2. The molecule has 0 spiro atoms. The van der Waals surface area contributed by atoms with Gasteiger partial charge in [0.25, 0.3) is 0 Å². The van der Waals surface area contributed by atoms with E-state index in [0.717, 1.165) is 11.3 Å². The molecule has 2 rings (SSSR count). The highest BCUT2D eigenvalue weighted by molar-refractivity contribution is 5.82. The van der Waals surface area contributed by atoms with Crippen LogP contribution in [-0.4, -0.2) is 15.8 Å². The number of H-pyrrole nitrogens is 1. The minimum Gasteiger partial charge on any atom is -0.348 e. The summed E-state index contributed by atoms with van der Waals surface area (Å²) in [4.78, 5) is 18.5. The van der Waals surface area contributed by atoms with Crippen molar-refractivity contribution in [1.29, 1.82) is 0 Å². The molecule has 0 unspecified atom stereocenters. The molecule has 1 heterocycles. The van der Waals surface area contributed by atoms with Crippen LogP contribution in [0.4, 0.5) is 0 Å². The third kappa shape index (κ3) is 2.79. The normalized spacial score (nSPS) is 10.3. The molecule has 0 aliphatic heterocycles. The van der Waals surface area contributed by atoms with Crippen LogP contribution in [0.2, 0.25) is 0 Å². The minimum atomic E-state index is 0.202. The van der Waals surface area contributed by atoms with Crippen LogP contribution < -0.4 is 0 Å². The molecule has 0 atom stereocenters. The topological polar surface area (TPSA) is 45.8 Å². The van der Waals surface area contributed by atoms with E-state index in [4.69, 9.17) is 0 Å². The summed E-state index contributed by atoms with van der Waals surface area (Å²) in [7, 11) is 0. The first-order valence-corrected chi connectivity index (χ1v) is 5.28. The quantitative estimate of drug-likeness (QED) is 0.846. The van der Waals surface area contributed by atoms with Gasteiger partial charge in [-0.3, -0.25) is 4.79 Å². The number of benzene rings is 1. The smallest absolute Gasteiger partial charge is 0.143 e. The average molecular weight is 214 g/mol. The monoisotopic (exact) mass is 214 g/mol. The molecule has 0 aliphatic carbocycles. The zero-order valence-corrected chi connectivity index (χ0v) is 9.23. The van der Waals surface area contributed by atoms with Crippen molar-refractivity contribution in [3.63, 3.8) is 0 Å². The molecule has 0 saturated heterocycles. The van der Waals surface area contributed by atoms with Crippen LogP contribution >= 0.6 is 0 Å². The van der Waals surface area contributed by atoms with E-state index in [1.165, 1.54) is 5.56 Å². The molecule has 82 valence electrons. The Morgan fingerprint density at radius 2 is 2.00 bits per heavy atom. The van der Waals surface area contributed by atoms with Crippen molar-refractivity contribution >= 4 is 5.78 Å². The molecular weight excluding hydrogens is 200 g/mol. The molecule has 16 heavy (non-hydrogen) atoms. The number of carbonyl (C=O) groups excluding carboxylic acids is 1. The third-order valence-electron chi connectivity index (χ3n) is 2.46. The number of aromatic nitrogens is 2. The molecule has 1 N–H and O–H groups in total. The first-order valence-electron chi connectivity index (χ1n) is 5.28. The van der Waals surface area contributed by atoms with E-state index in [2.05, 4.69) is 9.97 Å². The second kappa shape index (κ2) is 4.75. The predicted molar refractivity (Wildman–Crippen MR) is 62.2 cm³/mol. The van der Waals surface area contributed by atoms with Gasteiger partial charge in [0, 0.05) is 24.7 Å². The molecular formula is C13H14N2O. The van der Waals surface area contributed by atoms with Gasteiger partial charge in [0.15, 0.2) is 0 Å². The van der Waals surface area contributed by atoms with Crippen molar-refractivity contribution in [2.24, 2.45) is 0 Å². The molecule has 0 aliphatic rings. The lowest BCUT2D eigenvalue weighted by molar-refractivity contribution is -0.117. The SMILES string of the molecule is Cc1ccc(CC(=O)Cc2cnc[nH]2)cc1. The molecule has 1 aromatic heterocycles. The molecule has 2 aromatic rings. The van der Waals surface area contributed by atoms with Crippen LogP contribution in [0.1, 0.15) is 16.8 Å². The summed E-state index contributed by atoms with van der Waals surface area (Å²) < 4.78 is 0. The predicted octanol–water partition coefficient (Wildman–Crippen LogP) is 2.07. The van der Waals surface area contributed by atoms with E-state index in [1.54, 1.807) is 12.5 Å². The van der Waals surface area contributed by atoms with Crippen molar-refractivity contribution in [2.75, 3.05) is 0 Å². The van der Waals surface area contributed by atoms with Crippen LogP contribution in [0.5, 0.6) is 0 Å². The Labute approximate surface area is 94.5 Å². The van der Waals surface area contributed by atoms with Gasteiger partial charge in [0.1, 0.15) is 5.78 Å². The van der Waals surface area contributed by atoms with Crippen LogP contribution in [0.15, 0.2) is 36.8 Å². The van der Waals surface area contributed by atoms with Crippen molar-refractivity contribution < 1.29 is 4.79 Å². The van der Waals surface area contributed by atoms with Gasteiger partial charge in [-0.05, 0) is 12.5 Å². The lowest BCUT2D eigenvalue weighted by atomic mass is 10.0. The zero-order valence-electron chi connectivity index (χ0n) is 9.23. The maximum Gasteiger partial charge on any atom is 0.143 e. The van der Waals surface area contributed by atoms with Gasteiger partial charge in [-0.2, -0.15) is 0 Å². The summed E-state index contributed by atoms with van der Waals surface area (Å²) in [6.07, 6.45) is 4.19. The number of hydrogen-bond donors (Lipinski definition) is 1. The summed E-state index contributed by atoms with van der Waals surface area (Å²) in [5, 5.41) is 0. The lowest BCUT2D eigenvalue weighted by Crippen LogP contribution is -2.06. The van der Waals surface area contributed by atoms with E-state index in [0.29, 0.717) is 12.8 Å². The summed E-state index contributed by atoms with van der Waals surface area (Å²) in [6, 6.07) is 8.05. The van der Waals surface area contributed by atoms with Gasteiger partial charge in [-0.15, -0.1) is 0 Å². The molecule has 0 fully saturated rings. The highest BCUT2D eigenvalue weighted by Crippen LogP contribution is 2.06. The third-order valence-corrected chi connectivity index (χ3v) is 2.46. The summed E-state index contributed by atoms with van der Waals surface area (Å²) >= 11 is 0. The number of nitrogens with zero attached hydrogens (tertiary/aromatic N) is 1. The summed E-state index contributed by atoms with van der Waals surface area (Å²) in [5.41, 5.74) is 3.15. The summed E-state index contributed by atoms with van der Waals surface area (Å²) in [5.74, 6) is 0.202. The number of nitrogens with one attached hydrogen (secondary N) is 1. The second-order valence-electron chi connectivity index (χ2n) is 3.95. The van der Waals surface area contributed by atoms with Crippen molar-refractivity contribution in [1.82, 2.24) is 9.97 Å². The number of imidazole rings is 1. The highest BCUT2D eigenvalue weighted by Gasteiger charge is 2.05. The van der Waals surface area contributed by atoms with E-state index < -0.39 is 0 Å². The molecule has 0 bridgehead atoms. The standard InChI is InChI=1S/C13H14N2O/c1-10-2-4-11(5-3-10)6-13(16)7-12-8-14-9-15-12/h2-5,8-9H,6-7H2,1H3,(H,14,15). The van der Waals surface area contributed by atoms with Gasteiger partial charge in [0.05, 0.1) is 6.33 Å². The van der Waals surface area contributed by atoms with Gasteiger partial charge >= 0.3 is 0 Å². The van der Waals surface area contributed by atoms with Crippen LogP contribution in [-0.2, 0) is 17.6 Å². The molecule has 0 saturated carbocycles. The number of aromatic amines is 1. The van der Waals surface area contributed by atoms with Crippen LogP contribution in [0, 0.1) is 6.92 Å². The maximum absolute atomic E-state index is 11.7. The summed E-state index contributed by atoms with van der Waals surface area (Å²) in [6.45, 7) is 2.04. The Hall–Kier alpha value is -1.90. The van der Waals surface area contributed by atoms with E-state index in [1.807, 2.05) is 31.2 Å². The first-order chi connectivity index (χ1) is 7.74. The van der Waals surface area contributed by atoms with Crippen LogP contribution in [0.25, 0.3) is 0 Å². The molecule has 1 aromatic carbocycles. The van der Waals surface area contributed by atoms with Gasteiger partial charge in [-0.1, -0.05) is 29.8 Å². The van der Waals surface area contributed by atoms with Gasteiger partial charge in [-0.25, -0.2) is 4.98 Å². The molecule has 3 nitrogen and oxygen atoms in total. The second-order valence-corrected chi connectivity index (χ2v) is 3.95. The number of ketones is 1. The number of aryl methyl sites for hydroxylation is 1. The maximum atomic E-state index is 11.7.